The van der Waals surface area contributed by atoms with Gasteiger partial charge in [0.25, 0.3) is 5.91 Å². The van der Waals surface area contributed by atoms with Crippen LogP contribution in [0.2, 0.25) is 0 Å². The van der Waals surface area contributed by atoms with Crippen molar-refractivity contribution in [3.05, 3.63) is 60.3 Å². The molecule has 0 bridgehead atoms. The second kappa shape index (κ2) is 8.37. The lowest BCUT2D eigenvalue weighted by atomic mass is 10.0. The van der Waals surface area contributed by atoms with Crippen LogP contribution in [0.25, 0.3) is 22.2 Å². The molecule has 4 aromatic rings. The summed E-state index contributed by atoms with van der Waals surface area (Å²) in [7, 11) is 3.52. The van der Waals surface area contributed by atoms with Crippen LogP contribution >= 0.6 is 0 Å². The largest absolute Gasteiger partial charge is 0.497 e. The summed E-state index contributed by atoms with van der Waals surface area (Å²) in [6, 6.07) is 17.9. The zero-order valence-electron chi connectivity index (χ0n) is 18.2. The number of nitrogens with one attached hydrogen (secondary N) is 2. The van der Waals surface area contributed by atoms with E-state index in [-0.39, 0.29) is 11.9 Å². The number of carbonyl (C=O) groups excluding carboxylic acids is 1. The molecule has 164 valence electrons. The van der Waals surface area contributed by atoms with Gasteiger partial charge in [-0.3, -0.25) is 14.6 Å². The Bertz CT molecular complexity index is 1240. The average Bonchev–Trinajstić information content (AvgIpc) is 3.45. The van der Waals surface area contributed by atoms with Crippen LogP contribution in [0.3, 0.4) is 0 Å². The van der Waals surface area contributed by atoms with E-state index in [0.717, 1.165) is 59.7 Å². The first-order valence-electron chi connectivity index (χ1n) is 10.8. The van der Waals surface area contributed by atoms with Crippen molar-refractivity contribution in [2.75, 3.05) is 25.1 Å². The van der Waals surface area contributed by atoms with Gasteiger partial charge in [-0.05, 0) is 48.7 Å². The predicted molar refractivity (Wildman–Crippen MR) is 124 cm³/mol. The second-order valence-electron chi connectivity index (χ2n) is 8.09. The number of fused-ring (bicyclic) bond motifs is 1. The van der Waals surface area contributed by atoms with Crippen molar-refractivity contribution >= 4 is 22.6 Å². The van der Waals surface area contributed by atoms with Crippen molar-refractivity contribution in [3.8, 4) is 17.0 Å². The van der Waals surface area contributed by atoms with Gasteiger partial charge in [0.15, 0.2) is 11.5 Å². The number of methoxy groups -OCH3 is 1. The normalized spacial score (nSPS) is 14.6. The maximum Gasteiger partial charge on any atom is 0.272 e. The van der Waals surface area contributed by atoms with Gasteiger partial charge in [-0.25, -0.2) is 0 Å². The highest BCUT2D eigenvalue weighted by Gasteiger charge is 2.24. The van der Waals surface area contributed by atoms with Crippen molar-refractivity contribution in [3.63, 3.8) is 0 Å². The van der Waals surface area contributed by atoms with Crippen LogP contribution in [-0.2, 0) is 7.05 Å². The number of amides is 1. The number of rotatable bonds is 5. The quantitative estimate of drug-likeness (QED) is 0.507. The van der Waals surface area contributed by atoms with Crippen molar-refractivity contribution in [1.82, 2.24) is 25.3 Å². The van der Waals surface area contributed by atoms with Gasteiger partial charge in [-0.2, -0.15) is 10.2 Å². The third-order valence-electron chi connectivity index (χ3n) is 6.09. The highest BCUT2D eigenvalue weighted by atomic mass is 16.5. The highest BCUT2D eigenvalue weighted by Crippen LogP contribution is 2.26. The number of hydrogen-bond donors (Lipinski definition) is 2. The average molecular weight is 431 g/mol. The summed E-state index contributed by atoms with van der Waals surface area (Å²) < 4.78 is 6.98. The van der Waals surface area contributed by atoms with E-state index in [9.17, 15) is 4.79 Å². The Morgan fingerprint density at radius 3 is 2.62 bits per heavy atom. The minimum absolute atomic E-state index is 0.109. The number of piperidine rings is 1. The first kappa shape index (κ1) is 20.1. The predicted octanol–water partition coefficient (Wildman–Crippen LogP) is 3.37. The van der Waals surface area contributed by atoms with E-state index in [1.165, 1.54) is 0 Å². The fourth-order valence-electron chi connectivity index (χ4n) is 4.28. The standard InChI is InChI=1S/C24H26N6O2/c1-29-21-6-4-3-5-19(21)23(28-29)24(31)25-17-11-13-30(14-12-17)22-15-20(26-27-22)16-7-9-18(32-2)10-8-16/h3-10,15,17H,11-14H2,1-2H3,(H,25,31)(H,26,27). The van der Waals surface area contributed by atoms with Gasteiger partial charge in [0.2, 0.25) is 0 Å². The third kappa shape index (κ3) is 3.79. The molecule has 1 fully saturated rings. The van der Waals surface area contributed by atoms with E-state index in [1.54, 1.807) is 11.8 Å². The zero-order valence-corrected chi connectivity index (χ0v) is 18.2. The van der Waals surface area contributed by atoms with Crippen LogP contribution in [0.4, 0.5) is 5.82 Å². The number of ether oxygens (including phenoxy) is 1. The van der Waals surface area contributed by atoms with E-state index in [1.807, 2.05) is 55.6 Å². The second-order valence-corrected chi connectivity index (χ2v) is 8.09. The van der Waals surface area contributed by atoms with Crippen LogP contribution in [0.15, 0.2) is 54.6 Å². The Labute approximate surface area is 186 Å². The number of para-hydroxylation sites is 1. The topological polar surface area (TPSA) is 88.1 Å². The Morgan fingerprint density at radius 1 is 1.12 bits per heavy atom. The van der Waals surface area contributed by atoms with E-state index >= 15 is 0 Å². The molecule has 8 nitrogen and oxygen atoms in total. The summed E-state index contributed by atoms with van der Waals surface area (Å²) in [6.07, 6.45) is 1.72. The highest BCUT2D eigenvalue weighted by molar-refractivity contribution is 6.04. The van der Waals surface area contributed by atoms with Gasteiger partial charge < -0.3 is 15.0 Å². The Hall–Kier alpha value is -3.81. The summed E-state index contributed by atoms with van der Waals surface area (Å²) in [5, 5.41) is 16.1. The molecule has 0 spiro atoms. The number of aromatic nitrogens is 4. The molecule has 3 heterocycles. The Balaban J connectivity index is 1.21. The van der Waals surface area contributed by atoms with Crippen LogP contribution < -0.4 is 15.0 Å². The monoisotopic (exact) mass is 430 g/mol. The Kier molecular flexibility index (Phi) is 5.26. The van der Waals surface area contributed by atoms with Gasteiger partial charge in [-0.15, -0.1) is 0 Å². The lowest BCUT2D eigenvalue weighted by molar-refractivity contribution is 0.0927. The number of hydrogen-bond acceptors (Lipinski definition) is 5. The van der Waals surface area contributed by atoms with Crippen LogP contribution in [0, 0.1) is 0 Å². The van der Waals surface area contributed by atoms with Crippen LogP contribution in [0.1, 0.15) is 23.3 Å². The fraction of sp³-hybridized carbons (Fsp3) is 0.292. The summed E-state index contributed by atoms with van der Waals surface area (Å²) >= 11 is 0. The molecule has 2 aromatic carbocycles. The first-order valence-corrected chi connectivity index (χ1v) is 10.8. The Morgan fingerprint density at radius 2 is 1.88 bits per heavy atom. The van der Waals surface area contributed by atoms with Crippen molar-refractivity contribution in [2.24, 2.45) is 7.05 Å². The summed E-state index contributed by atoms with van der Waals surface area (Å²) in [4.78, 5) is 15.1. The summed E-state index contributed by atoms with van der Waals surface area (Å²) in [5.41, 5.74) is 3.48. The molecule has 1 saturated heterocycles. The van der Waals surface area contributed by atoms with Crippen molar-refractivity contribution in [2.45, 2.75) is 18.9 Å². The van der Waals surface area contributed by atoms with E-state index in [4.69, 9.17) is 4.74 Å². The number of carbonyl (C=O) groups is 1. The minimum Gasteiger partial charge on any atom is -0.497 e. The first-order chi connectivity index (χ1) is 15.6. The van der Waals surface area contributed by atoms with Crippen molar-refractivity contribution in [1.29, 1.82) is 0 Å². The molecule has 1 amide bonds. The molecule has 0 unspecified atom stereocenters. The van der Waals surface area contributed by atoms with E-state index in [2.05, 4.69) is 31.6 Å². The maximum absolute atomic E-state index is 12.9. The molecule has 0 saturated carbocycles. The number of H-pyrrole nitrogens is 1. The molecule has 32 heavy (non-hydrogen) atoms. The van der Waals surface area contributed by atoms with Crippen molar-refractivity contribution < 1.29 is 9.53 Å². The molecule has 0 atom stereocenters. The molecule has 0 aliphatic carbocycles. The number of aryl methyl sites for hydroxylation is 1. The molecular formula is C24H26N6O2. The summed E-state index contributed by atoms with van der Waals surface area (Å²) in [5.74, 6) is 1.65. The number of aromatic amines is 1. The molecule has 2 N–H and O–H groups in total. The summed E-state index contributed by atoms with van der Waals surface area (Å²) in [6.45, 7) is 1.67. The van der Waals surface area contributed by atoms with Crippen LogP contribution in [-0.4, -0.2) is 52.1 Å². The van der Waals surface area contributed by atoms with E-state index < -0.39 is 0 Å². The van der Waals surface area contributed by atoms with Gasteiger partial charge >= 0.3 is 0 Å². The maximum atomic E-state index is 12.9. The number of benzene rings is 2. The smallest absolute Gasteiger partial charge is 0.272 e. The number of nitrogens with zero attached hydrogens (tertiary/aromatic N) is 4. The fourth-order valence-corrected chi connectivity index (χ4v) is 4.28. The number of anilines is 1. The molecule has 5 rings (SSSR count). The zero-order chi connectivity index (χ0) is 22.1. The van der Waals surface area contributed by atoms with Gasteiger partial charge in [-0.1, -0.05) is 18.2 Å². The van der Waals surface area contributed by atoms with Crippen LogP contribution in [0.5, 0.6) is 5.75 Å². The van der Waals surface area contributed by atoms with Gasteiger partial charge in [0.05, 0.1) is 18.3 Å². The molecule has 1 aliphatic rings. The molecular weight excluding hydrogens is 404 g/mol. The molecule has 2 aromatic heterocycles. The van der Waals surface area contributed by atoms with E-state index in [0.29, 0.717) is 5.69 Å². The third-order valence-corrected chi connectivity index (χ3v) is 6.09. The van der Waals surface area contributed by atoms with Gasteiger partial charge in [0, 0.05) is 37.6 Å². The molecule has 1 aliphatic heterocycles. The minimum atomic E-state index is -0.109. The lowest BCUT2D eigenvalue weighted by Gasteiger charge is -2.32. The molecule has 8 heteroatoms. The van der Waals surface area contributed by atoms with Gasteiger partial charge in [0.1, 0.15) is 5.75 Å². The molecule has 0 radical (unpaired) electrons. The lowest BCUT2D eigenvalue weighted by Crippen LogP contribution is -2.45. The SMILES string of the molecule is COc1ccc(-c2cc(N3CCC(NC(=O)c4nn(C)c5ccccc45)CC3)n[nH]2)cc1.